The van der Waals surface area contributed by atoms with Gasteiger partial charge in [-0.15, -0.1) is 0 Å². The second-order valence-electron chi connectivity index (χ2n) is 4.85. The highest BCUT2D eigenvalue weighted by Gasteiger charge is 2.20. The second-order valence-corrected chi connectivity index (χ2v) is 4.85. The smallest absolute Gasteiger partial charge is 0.219 e. The van der Waals surface area contributed by atoms with Crippen LogP contribution in [0.5, 0.6) is 0 Å². The van der Waals surface area contributed by atoms with E-state index in [1.807, 2.05) is 23.4 Å². The van der Waals surface area contributed by atoms with Crippen LogP contribution < -0.4 is 0 Å². The minimum Gasteiger partial charge on any atom is -0.343 e. The van der Waals surface area contributed by atoms with Crippen molar-refractivity contribution in [2.75, 3.05) is 13.1 Å². The van der Waals surface area contributed by atoms with Crippen LogP contribution in [-0.2, 0) is 11.2 Å². The van der Waals surface area contributed by atoms with Crippen molar-refractivity contribution in [1.29, 1.82) is 0 Å². The monoisotopic (exact) mass is 232 g/mol. The molecule has 2 rings (SSSR count). The highest BCUT2D eigenvalue weighted by molar-refractivity contribution is 5.73. The zero-order chi connectivity index (χ0) is 12.1. The van der Waals surface area contributed by atoms with Crippen LogP contribution in [0.2, 0.25) is 0 Å². The van der Waals surface area contributed by atoms with E-state index in [-0.39, 0.29) is 5.91 Å². The van der Waals surface area contributed by atoms with Crippen LogP contribution in [0.4, 0.5) is 0 Å². The minimum atomic E-state index is 0.218. The molecule has 0 spiro atoms. The third-order valence-electron chi connectivity index (χ3n) is 3.62. The van der Waals surface area contributed by atoms with Crippen molar-refractivity contribution in [3.8, 4) is 0 Å². The number of carbonyl (C=O) groups excluding carboxylic acids is 1. The van der Waals surface area contributed by atoms with E-state index in [9.17, 15) is 4.79 Å². The van der Waals surface area contributed by atoms with E-state index in [0.717, 1.165) is 38.3 Å². The van der Waals surface area contributed by atoms with E-state index in [0.29, 0.717) is 0 Å². The fraction of sp³-hybridized carbons (Fsp3) is 0.571. The summed E-state index contributed by atoms with van der Waals surface area (Å²) in [5.41, 5.74) is 1.32. The fourth-order valence-corrected chi connectivity index (χ4v) is 2.45. The molecule has 0 bridgehead atoms. The zero-order valence-electron chi connectivity index (χ0n) is 10.4. The molecule has 1 aliphatic heterocycles. The van der Waals surface area contributed by atoms with Gasteiger partial charge in [0.2, 0.25) is 5.91 Å². The predicted octanol–water partition coefficient (Wildman–Crippen LogP) is 2.27. The van der Waals surface area contributed by atoms with Gasteiger partial charge < -0.3 is 4.90 Å². The maximum absolute atomic E-state index is 11.2. The number of aromatic nitrogens is 1. The minimum absolute atomic E-state index is 0.218. The Balaban J connectivity index is 1.74. The van der Waals surface area contributed by atoms with E-state index in [4.69, 9.17) is 0 Å². The summed E-state index contributed by atoms with van der Waals surface area (Å²) in [5, 5.41) is 0. The van der Waals surface area contributed by atoms with Crippen LogP contribution in [0.15, 0.2) is 24.5 Å². The Kier molecular flexibility index (Phi) is 4.13. The Labute approximate surface area is 103 Å². The molecule has 1 fully saturated rings. The van der Waals surface area contributed by atoms with Gasteiger partial charge >= 0.3 is 0 Å². The van der Waals surface area contributed by atoms with Crippen LogP contribution in [0.25, 0.3) is 0 Å². The summed E-state index contributed by atoms with van der Waals surface area (Å²) in [4.78, 5) is 17.3. The number of likely N-dealkylation sites (tertiary alicyclic amines) is 1. The van der Waals surface area contributed by atoms with Crippen molar-refractivity contribution in [1.82, 2.24) is 9.88 Å². The van der Waals surface area contributed by atoms with Gasteiger partial charge in [-0.2, -0.15) is 0 Å². The molecule has 92 valence electrons. The number of hydrogen-bond acceptors (Lipinski definition) is 2. The van der Waals surface area contributed by atoms with Crippen LogP contribution in [0, 0.1) is 5.92 Å². The van der Waals surface area contributed by atoms with Gasteiger partial charge in [-0.1, -0.05) is 6.07 Å². The number of hydrogen-bond donors (Lipinski definition) is 0. The molecule has 3 heteroatoms. The van der Waals surface area contributed by atoms with Crippen LogP contribution in [0.1, 0.15) is 31.7 Å². The molecular weight excluding hydrogens is 212 g/mol. The van der Waals surface area contributed by atoms with Crippen molar-refractivity contribution < 1.29 is 4.79 Å². The lowest BCUT2D eigenvalue weighted by Gasteiger charge is -2.31. The third kappa shape index (κ3) is 3.55. The maximum atomic E-state index is 11.2. The summed E-state index contributed by atoms with van der Waals surface area (Å²) < 4.78 is 0. The topological polar surface area (TPSA) is 33.2 Å². The van der Waals surface area contributed by atoms with Crippen LogP contribution in [0.3, 0.4) is 0 Å². The van der Waals surface area contributed by atoms with E-state index < -0.39 is 0 Å². The molecule has 0 radical (unpaired) electrons. The number of pyridine rings is 1. The average molecular weight is 232 g/mol. The summed E-state index contributed by atoms with van der Waals surface area (Å²) in [5.74, 6) is 0.988. The first-order valence-electron chi connectivity index (χ1n) is 6.40. The number of piperidine rings is 1. The van der Waals surface area contributed by atoms with Gasteiger partial charge in [0, 0.05) is 32.4 Å². The van der Waals surface area contributed by atoms with E-state index in [1.54, 1.807) is 6.92 Å². The van der Waals surface area contributed by atoms with Crippen molar-refractivity contribution >= 4 is 5.91 Å². The molecule has 1 aromatic rings. The van der Waals surface area contributed by atoms with Crippen molar-refractivity contribution in [2.45, 2.75) is 32.6 Å². The highest BCUT2D eigenvalue weighted by atomic mass is 16.2. The van der Waals surface area contributed by atoms with Crippen LogP contribution >= 0.6 is 0 Å². The Morgan fingerprint density at radius 2 is 2.24 bits per heavy atom. The lowest BCUT2D eigenvalue weighted by Crippen LogP contribution is -2.37. The molecule has 2 heterocycles. The quantitative estimate of drug-likeness (QED) is 0.801. The average Bonchev–Trinajstić information content (AvgIpc) is 2.38. The molecular formula is C14H20N2O. The van der Waals surface area contributed by atoms with Gasteiger partial charge in [0.05, 0.1) is 0 Å². The number of rotatable bonds is 3. The van der Waals surface area contributed by atoms with E-state index >= 15 is 0 Å². The lowest BCUT2D eigenvalue weighted by atomic mass is 9.91. The molecule has 3 nitrogen and oxygen atoms in total. The maximum Gasteiger partial charge on any atom is 0.219 e. The molecule has 0 N–H and O–H groups in total. The molecule has 0 aliphatic carbocycles. The summed E-state index contributed by atoms with van der Waals surface area (Å²) in [6, 6.07) is 4.13. The Morgan fingerprint density at radius 1 is 1.47 bits per heavy atom. The van der Waals surface area contributed by atoms with Gasteiger partial charge in [-0.3, -0.25) is 9.78 Å². The highest BCUT2D eigenvalue weighted by Crippen LogP contribution is 2.22. The Morgan fingerprint density at radius 3 is 2.82 bits per heavy atom. The second kappa shape index (κ2) is 5.80. The van der Waals surface area contributed by atoms with Gasteiger partial charge in [0.25, 0.3) is 0 Å². The largest absolute Gasteiger partial charge is 0.343 e. The zero-order valence-corrected chi connectivity index (χ0v) is 10.4. The van der Waals surface area contributed by atoms with Crippen molar-refractivity contribution in [3.63, 3.8) is 0 Å². The normalized spacial score (nSPS) is 17.1. The molecule has 0 aromatic carbocycles. The Hall–Kier alpha value is -1.38. The van der Waals surface area contributed by atoms with Gasteiger partial charge in [0.15, 0.2) is 0 Å². The standard InChI is InChI=1S/C14H20N2O/c1-12(17)16-9-6-13(7-10-16)4-5-14-3-2-8-15-11-14/h2-3,8,11,13H,4-7,9-10H2,1H3. The van der Waals surface area contributed by atoms with Crippen LogP contribution in [-0.4, -0.2) is 28.9 Å². The van der Waals surface area contributed by atoms with Crippen molar-refractivity contribution in [2.24, 2.45) is 5.92 Å². The fourth-order valence-electron chi connectivity index (χ4n) is 2.45. The van der Waals surface area contributed by atoms with E-state index in [1.165, 1.54) is 12.0 Å². The molecule has 0 atom stereocenters. The van der Waals surface area contributed by atoms with E-state index in [2.05, 4.69) is 11.1 Å². The molecule has 0 saturated carbocycles. The van der Waals surface area contributed by atoms with Gasteiger partial charge in [-0.25, -0.2) is 0 Å². The number of nitrogens with zero attached hydrogens (tertiary/aromatic N) is 2. The first kappa shape index (κ1) is 12.1. The van der Waals surface area contributed by atoms with Crippen molar-refractivity contribution in [3.05, 3.63) is 30.1 Å². The van der Waals surface area contributed by atoms with Gasteiger partial charge in [0.1, 0.15) is 0 Å². The first-order chi connectivity index (χ1) is 8.25. The lowest BCUT2D eigenvalue weighted by molar-refractivity contribution is -0.130. The number of amides is 1. The molecule has 17 heavy (non-hydrogen) atoms. The summed E-state index contributed by atoms with van der Waals surface area (Å²) in [6.07, 6.45) is 8.40. The molecule has 1 amide bonds. The SMILES string of the molecule is CC(=O)N1CCC(CCc2cccnc2)CC1. The first-order valence-corrected chi connectivity index (χ1v) is 6.40. The summed E-state index contributed by atoms with van der Waals surface area (Å²) >= 11 is 0. The molecule has 1 aromatic heterocycles. The third-order valence-corrected chi connectivity index (χ3v) is 3.62. The Bertz CT molecular complexity index is 356. The predicted molar refractivity (Wildman–Crippen MR) is 67.5 cm³/mol. The molecule has 1 aliphatic rings. The summed E-state index contributed by atoms with van der Waals surface area (Å²) in [7, 11) is 0. The number of aryl methyl sites for hydroxylation is 1. The number of carbonyl (C=O) groups is 1. The summed E-state index contributed by atoms with van der Waals surface area (Å²) in [6.45, 7) is 3.54. The molecule has 1 saturated heterocycles. The van der Waals surface area contributed by atoms with Gasteiger partial charge in [-0.05, 0) is 43.2 Å². The molecule has 0 unspecified atom stereocenters.